The molecule has 0 aliphatic rings. The van der Waals surface area contributed by atoms with Crippen molar-refractivity contribution in [1.29, 1.82) is 0 Å². The second-order valence-electron chi connectivity index (χ2n) is 6.05. The monoisotopic (exact) mass is 498 g/mol. The van der Waals surface area contributed by atoms with Gasteiger partial charge < -0.3 is 4.79 Å². The molecule has 0 fully saturated rings. The SMILES string of the molecule is C=CCC(F)(F)C(F)(F)C(F)(F)C(F)(F)C(F)(F)C(F)(F)C(F)(F)C(F)(F)CCC=O. The van der Waals surface area contributed by atoms with Crippen LogP contribution in [0.3, 0.4) is 0 Å². The lowest BCUT2D eigenvalue weighted by Gasteiger charge is -2.43. The van der Waals surface area contributed by atoms with Gasteiger partial charge in [0.15, 0.2) is 0 Å². The molecule has 0 rings (SSSR count). The van der Waals surface area contributed by atoms with Crippen LogP contribution in [0.25, 0.3) is 0 Å². The molecule has 0 aromatic heterocycles. The summed E-state index contributed by atoms with van der Waals surface area (Å²) in [5.41, 5.74) is 0. The molecule has 0 unspecified atom stereocenters. The van der Waals surface area contributed by atoms with Crippen LogP contribution in [0.5, 0.6) is 0 Å². The number of aldehydes is 1. The second-order valence-corrected chi connectivity index (χ2v) is 6.05. The lowest BCUT2D eigenvalue weighted by Crippen LogP contribution is -2.74. The first kappa shape index (κ1) is 29.3. The molecule has 184 valence electrons. The Morgan fingerprint density at radius 2 is 0.806 bits per heavy atom. The number of rotatable bonds is 12. The summed E-state index contributed by atoms with van der Waals surface area (Å²) in [4.78, 5) is 9.88. The van der Waals surface area contributed by atoms with E-state index in [2.05, 4.69) is 6.58 Å². The Labute approximate surface area is 162 Å². The normalized spacial score (nSPS) is 15.7. The summed E-state index contributed by atoms with van der Waals surface area (Å²) in [6.07, 6.45) is -7.90. The summed E-state index contributed by atoms with van der Waals surface area (Å²) in [6, 6.07) is 0. The van der Waals surface area contributed by atoms with Crippen molar-refractivity contribution in [3.63, 3.8) is 0 Å². The van der Waals surface area contributed by atoms with E-state index in [1.807, 2.05) is 0 Å². The van der Waals surface area contributed by atoms with E-state index in [1.165, 1.54) is 0 Å². The highest BCUT2D eigenvalue weighted by molar-refractivity contribution is 5.49. The maximum atomic E-state index is 13.5. The van der Waals surface area contributed by atoms with Gasteiger partial charge in [0.2, 0.25) is 0 Å². The van der Waals surface area contributed by atoms with Gasteiger partial charge in [0.25, 0.3) is 0 Å². The minimum Gasteiger partial charge on any atom is -0.303 e. The molecule has 17 heteroatoms. The summed E-state index contributed by atoms with van der Waals surface area (Å²) in [5.74, 6) is -61.2. The smallest absolute Gasteiger partial charge is 0.303 e. The standard InChI is InChI=1S/C14H10F16O/c1-2-4-7(15,16)9(19,20)11(23,24)13(27,28)14(29,30)12(25,26)10(21,22)8(17,18)5-3-6-31/h2,6H,1,3-5H2. The zero-order valence-corrected chi connectivity index (χ0v) is 14.4. The molecule has 1 nitrogen and oxygen atoms in total. The third-order valence-electron chi connectivity index (χ3n) is 3.87. The van der Waals surface area contributed by atoms with Gasteiger partial charge in [-0.1, -0.05) is 6.08 Å². The molecule has 0 amide bonds. The van der Waals surface area contributed by atoms with Crippen molar-refractivity contribution in [1.82, 2.24) is 0 Å². The van der Waals surface area contributed by atoms with Crippen LogP contribution in [0, 0.1) is 0 Å². The molecule has 0 spiro atoms. The summed E-state index contributed by atoms with van der Waals surface area (Å²) in [5, 5.41) is 0. The Hall–Kier alpha value is -1.71. The molecule has 0 aromatic rings. The van der Waals surface area contributed by atoms with Crippen molar-refractivity contribution in [2.75, 3.05) is 0 Å². The molecular formula is C14H10F16O. The highest BCUT2D eigenvalue weighted by Gasteiger charge is 2.94. The Balaban J connectivity index is 6.68. The predicted molar refractivity (Wildman–Crippen MR) is 69.7 cm³/mol. The number of carbonyl (C=O) groups excluding carboxylic acids is 1. The van der Waals surface area contributed by atoms with Crippen LogP contribution in [0.4, 0.5) is 70.2 Å². The predicted octanol–water partition coefficient (Wildman–Crippen LogP) is 6.62. The first-order valence-corrected chi connectivity index (χ1v) is 7.44. The third-order valence-corrected chi connectivity index (χ3v) is 3.87. The molecule has 0 saturated carbocycles. The number of allylic oxidation sites excluding steroid dienone is 1. The van der Waals surface area contributed by atoms with Gasteiger partial charge in [0, 0.05) is 19.3 Å². The van der Waals surface area contributed by atoms with Gasteiger partial charge in [-0.3, -0.25) is 0 Å². The van der Waals surface area contributed by atoms with Crippen LogP contribution in [-0.2, 0) is 4.79 Å². The summed E-state index contributed by atoms with van der Waals surface area (Å²) in [6.45, 7) is 2.35. The van der Waals surface area contributed by atoms with Gasteiger partial charge in [-0.05, 0) is 0 Å². The molecule has 0 heterocycles. The number of alkyl halides is 16. The molecule has 0 bridgehead atoms. The van der Waals surface area contributed by atoms with Crippen molar-refractivity contribution < 1.29 is 75.0 Å². The lowest BCUT2D eigenvalue weighted by molar-refractivity contribution is -0.453. The van der Waals surface area contributed by atoms with Crippen molar-refractivity contribution >= 4 is 6.29 Å². The van der Waals surface area contributed by atoms with E-state index in [0.29, 0.717) is 0 Å². The van der Waals surface area contributed by atoms with Crippen molar-refractivity contribution in [2.45, 2.75) is 66.6 Å². The van der Waals surface area contributed by atoms with Crippen LogP contribution in [0.15, 0.2) is 12.7 Å². The number of hydrogen-bond acceptors (Lipinski definition) is 1. The fraction of sp³-hybridized carbons (Fsp3) is 0.786. The minimum atomic E-state index is -8.44. The highest BCUT2D eigenvalue weighted by Crippen LogP contribution is 2.64. The third kappa shape index (κ3) is 3.96. The fourth-order valence-electron chi connectivity index (χ4n) is 1.95. The molecule has 0 aromatic carbocycles. The summed E-state index contributed by atoms with van der Waals surface area (Å²) < 4.78 is 213. The fourth-order valence-corrected chi connectivity index (χ4v) is 1.95. The van der Waals surface area contributed by atoms with E-state index in [9.17, 15) is 75.0 Å². The van der Waals surface area contributed by atoms with Crippen molar-refractivity contribution in [3.8, 4) is 0 Å². The van der Waals surface area contributed by atoms with Crippen LogP contribution in [-0.4, -0.2) is 53.7 Å². The van der Waals surface area contributed by atoms with E-state index in [-0.39, 0.29) is 6.08 Å². The second kappa shape index (κ2) is 8.01. The van der Waals surface area contributed by atoms with E-state index in [0.717, 1.165) is 0 Å². The Bertz CT molecular complexity index is 665. The zero-order chi connectivity index (χ0) is 25.5. The molecular weight excluding hydrogens is 488 g/mol. The number of halogens is 16. The maximum Gasteiger partial charge on any atom is 0.384 e. The van der Waals surface area contributed by atoms with E-state index < -0.39 is 72.9 Å². The average Bonchev–Trinajstić information content (AvgIpc) is 2.58. The zero-order valence-electron chi connectivity index (χ0n) is 14.4. The molecule has 31 heavy (non-hydrogen) atoms. The maximum absolute atomic E-state index is 13.5. The van der Waals surface area contributed by atoms with E-state index in [4.69, 9.17) is 0 Å². The lowest BCUT2D eigenvalue weighted by atomic mass is 9.86. The number of hydrogen-bond donors (Lipinski definition) is 0. The van der Waals surface area contributed by atoms with Gasteiger partial charge in [-0.2, -0.15) is 70.2 Å². The number of carbonyl (C=O) groups is 1. The first-order valence-electron chi connectivity index (χ1n) is 7.44. The van der Waals surface area contributed by atoms with Gasteiger partial charge in [-0.15, -0.1) is 6.58 Å². The summed E-state index contributed by atoms with van der Waals surface area (Å²) >= 11 is 0. The van der Waals surface area contributed by atoms with Crippen LogP contribution in [0.2, 0.25) is 0 Å². The van der Waals surface area contributed by atoms with Gasteiger partial charge in [0.05, 0.1) is 0 Å². The topological polar surface area (TPSA) is 17.1 Å². The molecule has 0 saturated heterocycles. The van der Waals surface area contributed by atoms with Crippen molar-refractivity contribution in [2.24, 2.45) is 0 Å². The molecule has 0 aliphatic carbocycles. The van der Waals surface area contributed by atoms with Gasteiger partial charge in [0.1, 0.15) is 6.29 Å². The quantitative estimate of drug-likeness (QED) is 0.168. The average molecular weight is 498 g/mol. The van der Waals surface area contributed by atoms with Crippen LogP contribution in [0.1, 0.15) is 19.3 Å². The van der Waals surface area contributed by atoms with Gasteiger partial charge >= 0.3 is 47.4 Å². The molecule has 0 atom stereocenters. The van der Waals surface area contributed by atoms with E-state index in [1.54, 1.807) is 0 Å². The molecule has 0 N–H and O–H groups in total. The highest BCUT2D eigenvalue weighted by atomic mass is 19.4. The van der Waals surface area contributed by atoms with Crippen molar-refractivity contribution in [3.05, 3.63) is 12.7 Å². The van der Waals surface area contributed by atoms with Crippen LogP contribution >= 0.6 is 0 Å². The van der Waals surface area contributed by atoms with E-state index >= 15 is 0 Å². The minimum absolute atomic E-state index is 0.281. The summed E-state index contributed by atoms with van der Waals surface area (Å²) in [7, 11) is 0. The van der Waals surface area contributed by atoms with Gasteiger partial charge in [-0.25, -0.2) is 0 Å². The van der Waals surface area contributed by atoms with Crippen LogP contribution < -0.4 is 0 Å². The molecule has 0 radical (unpaired) electrons. The Morgan fingerprint density at radius 1 is 0.516 bits per heavy atom. The molecule has 0 aliphatic heterocycles. The Morgan fingerprint density at radius 3 is 1.10 bits per heavy atom. The Kier molecular flexibility index (Phi) is 7.57. The largest absolute Gasteiger partial charge is 0.384 e. The first-order chi connectivity index (χ1) is 13.4.